The Bertz CT molecular complexity index is 303. The molecule has 0 saturated heterocycles. The van der Waals surface area contributed by atoms with Crippen molar-refractivity contribution < 1.29 is 13.2 Å². The Balaban J connectivity index is 2.75. The number of thioether (sulfide) groups is 1. The van der Waals surface area contributed by atoms with Gasteiger partial charge in [0.15, 0.2) is 5.16 Å². The molecule has 0 saturated carbocycles. The van der Waals surface area contributed by atoms with E-state index >= 15 is 0 Å². The Labute approximate surface area is 77.3 Å². The number of allylic oxidation sites excluding steroid dienone is 1. The first kappa shape index (κ1) is 10.2. The zero-order valence-corrected chi connectivity index (χ0v) is 7.54. The second-order valence-corrected chi connectivity index (χ2v) is 3.08. The maximum atomic E-state index is 12.0. The van der Waals surface area contributed by atoms with Crippen LogP contribution in [0.15, 0.2) is 22.8 Å². The van der Waals surface area contributed by atoms with Crippen molar-refractivity contribution in [2.45, 2.75) is 18.3 Å². The largest absolute Gasteiger partial charge is 0.432 e. The summed E-state index contributed by atoms with van der Waals surface area (Å²) in [6.45, 7) is 1.78. The number of aromatic nitrogens is 2. The number of rotatable bonds is 2. The Morgan fingerprint density at radius 2 is 2.23 bits per heavy atom. The first-order chi connectivity index (χ1) is 6.04. The third kappa shape index (κ3) is 2.80. The molecule has 0 aliphatic heterocycles. The van der Waals surface area contributed by atoms with E-state index in [2.05, 4.69) is 9.97 Å². The van der Waals surface area contributed by atoms with Crippen LogP contribution in [0.25, 0.3) is 0 Å². The number of imidazole rings is 1. The zero-order valence-electron chi connectivity index (χ0n) is 6.72. The van der Waals surface area contributed by atoms with E-state index in [0.717, 1.165) is 18.0 Å². The maximum absolute atomic E-state index is 12.0. The van der Waals surface area contributed by atoms with E-state index in [1.165, 1.54) is 0 Å². The predicted molar refractivity (Wildman–Crippen MR) is 44.3 cm³/mol. The summed E-state index contributed by atoms with van der Waals surface area (Å²) in [6, 6.07) is 0. The van der Waals surface area contributed by atoms with Crippen LogP contribution in [-0.4, -0.2) is 9.97 Å². The Kier molecular flexibility index (Phi) is 3.02. The molecule has 0 unspecified atom stereocenters. The molecule has 1 heterocycles. The molecule has 1 rings (SSSR count). The number of alkyl halides is 3. The molecule has 0 aliphatic rings. The van der Waals surface area contributed by atoms with E-state index < -0.39 is 11.9 Å². The highest BCUT2D eigenvalue weighted by Crippen LogP contribution is 2.29. The van der Waals surface area contributed by atoms with Crippen LogP contribution in [0.5, 0.6) is 0 Å². The molecular weight excluding hydrogens is 201 g/mol. The number of hydrogen-bond acceptors (Lipinski definition) is 2. The van der Waals surface area contributed by atoms with Crippen LogP contribution in [0.1, 0.15) is 12.6 Å². The van der Waals surface area contributed by atoms with Crippen molar-refractivity contribution in [3.63, 3.8) is 0 Å². The van der Waals surface area contributed by atoms with Gasteiger partial charge in [-0.1, -0.05) is 17.8 Å². The topological polar surface area (TPSA) is 28.7 Å². The van der Waals surface area contributed by atoms with Crippen LogP contribution in [0, 0.1) is 0 Å². The summed E-state index contributed by atoms with van der Waals surface area (Å²) in [7, 11) is 0. The van der Waals surface area contributed by atoms with Gasteiger partial charge < -0.3 is 4.98 Å². The lowest BCUT2D eigenvalue weighted by Gasteiger charge is -2.00. The number of aromatic amines is 1. The van der Waals surface area contributed by atoms with Gasteiger partial charge in [-0.05, 0) is 12.3 Å². The molecule has 0 aromatic carbocycles. The smallest absolute Gasteiger partial charge is 0.329 e. The summed E-state index contributed by atoms with van der Waals surface area (Å²) >= 11 is 1.11. The van der Waals surface area contributed by atoms with E-state index in [-0.39, 0.29) is 5.16 Å². The van der Waals surface area contributed by atoms with E-state index in [4.69, 9.17) is 0 Å². The highest BCUT2D eigenvalue weighted by atomic mass is 32.2. The van der Waals surface area contributed by atoms with Crippen LogP contribution in [0.3, 0.4) is 0 Å². The summed E-state index contributed by atoms with van der Waals surface area (Å²) in [6.07, 6.45) is -1.84. The van der Waals surface area contributed by atoms with Crippen molar-refractivity contribution in [1.29, 1.82) is 0 Å². The normalized spacial score (nSPS) is 12.6. The van der Waals surface area contributed by atoms with Gasteiger partial charge in [0.2, 0.25) is 0 Å². The quantitative estimate of drug-likeness (QED) is 0.756. The highest BCUT2D eigenvalue weighted by Gasteiger charge is 2.32. The van der Waals surface area contributed by atoms with Gasteiger partial charge in [0.05, 0.1) is 6.20 Å². The SMILES string of the molecule is C/C=C\Sc1ncc(C(F)(F)F)[nH]1. The van der Waals surface area contributed by atoms with E-state index in [0.29, 0.717) is 0 Å². The minimum absolute atomic E-state index is 0.241. The average molecular weight is 208 g/mol. The van der Waals surface area contributed by atoms with Gasteiger partial charge in [-0.3, -0.25) is 0 Å². The minimum Gasteiger partial charge on any atom is -0.329 e. The molecule has 1 aromatic rings. The maximum Gasteiger partial charge on any atom is 0.432 e. The van der Waals surface area contributed by atoms with Crippen molar-refractivity contribution >= 4 is 11.8 Å². The number of nitrogens with one attached hydrogen (secondary N) is 1. The monoisotopic (exact) mass is 208 g/mol. The van der Waals surface area contributed by atoms with Gasteiger partial charge in [0.25, 0.3) is 0 Å². The summed E-state index contributed by atoms with van der Waals surface area (Å²) < 4.78 is 36.1. The summed E-state index contributed by atoms with van der Waals surface area (Å²) in [5, 5.41) is 1.89. The van der Waals surface area contributed by atoms with Crippen molar-refractivity contribution in [3.05, 3.63) is 23.4 Å². The molecule has 1 aromatic heterocycles. The molecular formula is C7H7F3N2S. The Morgan fingerprint density at radius 3 is 2.69 bits per heavy atom. The average Bonchev–Trinajstić information content (AvgIpc) is 2.47. The molecule has 13 heavy (non-hydrogen) atoms. The fourth-order valence-corrected chi connectivity index (χ4v) is 1.19. The Morgan fingerprint density at radius 1 is 1.54 bits per heavy atom. The van der Waals surface area contributed by atoms with Crippen molar-refractivity contribution in [3.8, 4) is 0 Å². The van der Waals surface area contributed by atoms with E-state index in [9.17, 15) is 13.2 Å². The summed E-state index contributed by atoms with van der Waals surface area (Å²) in [5.74, 6) is 0. The summed E-state index contributed by atoms with van der Waals surface area (Å²) in [4.78, 5) is 5.72. The fourth-order valence-electron chi connectivity index (χ4n) is 0.639. The third-order valence-electron chi connectivity index (χ3n) is 1.17. The van der Waals surface area contributed by atoms with Crippen LogP contribution in [0.2, 0.25) is 0 Å². The van der Waals surface area contributed by atoms with E-state index in [1.807, 2.05) is 0 Å². The second-order valence-electron chi connectivity index (χ2n) is 2.19. The number of H-pyrrole nitrogens is 1. The van der Waals surface area contributed by atoms with Gasteiger partial charge in [0, 0.05) is 0 Å². The molecule has 0 fully saturated rings. The third-order valence-corrected chi connectivity index (χ3v) is 2.01. The molecule has 0 spiro atoms. The first-order valence-corrected chi connectivity index (χ1v) is 4.32. The van der Waals surface area contributed by atoms with Crippen LogP contribution in [-0.2, 0) is 6.18 Å². The van der Waals surface area contributed by atoms with Gasteiger partial charge in [-0.15, -0.1) is 0 Å². The first-order valence-electron chi connectivity index (χ1n) is 3.44. The molecule has 72 valence electrons. The number of hydrogen-bond donors (Lipinski definition) is 1. The number of nitrogens with zero attached hydrogens (tertiary/aromatic N) is 1. The zero-order chi connectivity index (χ0) is 9.90. The minimum atomic E-state index is -4.35. The van der Waals surface area contributed by atoms with Gasteiger partial charge in [-0.25, -0.2) is 4.98 Å². The molecule has 0 atom stereocenters. The lowest BCUT2D eigenvalue weighted by molar-refractivity contribution is -0.141. The molecule has 0 amide bonds. The molecule has 6 heteroatoms. The van der Waals surface area contributed by atoms with Gasteiger partial charge >= 0.3 is 6.18 Å². The number of halogens is 3. The van der Waals surface area contributed by atoms with Crippen molar-refractivity contribution in [2.24, 2.45) is 0 Å². The van der Waals surface area contributed by atoms with Crippen molar-refractivity contribution in [1.82, 2.24) is 9.97 Å². The fraction of sp³-hybridized carbons (Fsp3) is 0.286. The lowest BCUT2D eigenvalue weighted by atomic mass is 10.5. The van der Waals surface area contributed by atoms with Crippen molar-refractivity contribution in [2.75, 3.05) is 0 Å². The molecule has 0 aliphatic carbocycles. The lowest BCUT2D eigenvalue weighted by Crippen LogP contribution is -2.04. The van der Waals surface area contributed by atoms with Gasteiger partial charge in [-0.2, -0.15) is 13.2 Å². The molecule has 2 nitrogen and oxygen atoms in total. The van der Waals surface area contributed by atoms with Gasteiger partial charge in [0.1, 0.15) is 5.69 Å². The molecule has 1 N–H and O–H groups in total. The highest BCUT2D eigenvalue weighted by molar-refractivity contribution is 8.02. The van der Waals surface area contributed by atoms with Crippen LogP contribution >= 0.6 is 11.8 Å². The molecule has 0 radical (unpaired) electrons. The standard InChI is InChI=1S/C7H7F3N2S/c1-2-3-13-6-11-4-5(12-6)7(8,9)10/h2-4H,1H3,(H,11,12)/b3-2-. The second kappa shape index (κ2) is 3.87. The van der Waals surface area contributed by atoms with Crippen LogP contribution < -0.4 is 0 Å². The van der Waals surface area contributed by atoms with E-state index in [1.54, 1.807) is 18.4 Å². The summed E-state index contributed by atoms with van der Waals surface area (Å²) in [5.41, 5.74) is -0.820. The molecule has 0 bridgehead atoms. The Hall–Kier alpha value is -0.910. The van der Waals surface area contributed by atoms with Crippen LogP contribution in [0.4, 0.5) is 13.2 Å². The predicted octanol–water partition coefficient (Wildman–Crippen LogP) is 3.05.